The fourth-order valence-electron chi connectivity index (χ4n) is 3.06. The Morgan fingerprint density at radius 3 is 2.81 bits per heavy atom. The highest BCUT2D eigenvalue weighted by Crippen LogP contribution is 2.31. The predicted octanol–water partition coefficient (Wildman–Crippen LogP) is 2.34. The maximum atomic E-state index is 3.56. The highest BCUT2D eigenvalue weighted by atomic mass is 32.2. The smallest absolute Gasteiger partial charge is 0.0224 e. The van der Waals surface area contributed by atoms with E-state index >= 15 is 0 Å². The van der Waals surface area contributed by atoms with Crippen LogP contribution < -0.4 is 5.32 Å². The normalized spacial score (nSPS) is 35.8. The molecule has 94 valence electrons. The molecule has 0 aliphatic carbocycles. The third kappa shape index (κ3) is 3.14. The summed E-state index contributed by atoms with van der Waals surface area (Å²) in [5, 5.41) is 4.44. The summed E-state index contributed by atoms with van der Waals surface area (Å²) in [6.45, 7) is 8.44. The zero-order valence-corrected chi connectivity index (χ0v) is 11.6. The van der Waals surface area contributed by atoms with Gasteiger partial charge in [0.15, 0.2) is 0 Å². The van der Waals surface area contributed by atoms with Crippen molar-refractivity contribution in [1.29, 1.82) is 0 Å². The van der Waals surface area contributed by atoms with Gasteiger partial charge in [-0.2, -0.15) is 11.8 Å². The Kier molecular flexibility index (Phi) is 4.98. The number of hydrogen-bond acceptors (Lipinski definition) is 3. The zero-order valence-electron chi connectivity index (χ0n) is 10.7. The molecule has 0 radical (unpaired) electrons. The fourth-order valence-corrected chi connectivity index (χ4v) is 4.30. The second-order valence-electron chi connectivity index (χ2n) is 5.27. The van der Waals surface area contributed by atoms with Crippen molar-refractivity contribution in [2.24, 2.45) is 0 Å². The molecule has 0 spiro atoms. The van der Waals surface area contributed by atoms with Crippen LogP contribution >= 0.6 is 11.8 Å². The predicted molar refractivity (Wildman–Crippen MR) is 73.2 cm³/mol. The molecule has 2 saturated heterocycles. The van der Waals surface area contributed by atoms with Gasteiger partial charge >= 0.3 is 0 Å². The molecular formula is C13H26N2S. The van der Waals surface area contributed by atoms with Gasteiger partial charge in [0.05, 0.1) is 0 Å². The molecule has 0 aromatic carbocycles. The second kappa shape index (κ2) is 6.27. The Labute approximate surface area is 105 Å². The lowest BCUT2D eigenvalue weighted by Crippen LogP contribution is -2.50. The van der Waals surface area contributed by atoms with Crippen LogP contribution in [0.25, 0.3) is 0 Å². The molecule has 2 rings (SSSR count). The van der Waals surface area contributed by atoms with Crippen LogP contribution in [0.1, 0.15) is 39.5 Å². The third-order valence-electron chi connectivity index (χ3n) is 3.87. The number of hydrogen-bond donors (Lipinski definition) is 1. The van der Waals surface area contributed by atoms with Crippen molar-refractivity contribution in [1.82, 2.24) is 10.2 Å². The second-order valence-corrected chi connectivity index (χ2v) is 6.74. The quantitative estimate of drug-likeness (QED) is 0.814. The molecular weight excluding hydrogens is 216 g/mol. The van der Waals surface area contributed by atoms with Crippen molar-refractivity contribution in [3.63, 3.8) is 0 Å². The van der Waals surface area contributed by atoms with Gasteiger partial charge in [0.25, 0.3) is 0 Å². The van der Waals surface area contributed by atoms with E-state index in [1.807, 2.05) is 0 Å². The molecule has 0 amide bonds. The fraction of sp³-hybridized carbons (Fsp3) is 1.00. The average Bonchev–Trinajstić information content (AvgIpc) is 2.74. The Hall–Kier alpha value is 0.270. The average molecular weight is 242 g/mol. The molecule has 0 saturated carbocycles. The summed E-state index contributed by atoms with van der Waals surface area (Å²) >= 11 is 2.16. The maximum absolute atomic E-state index is 3.56. The summed E-state index contributed by atoms with van der Waals surface area (Å²) < 4.78 is 0. The van der Waals surface area contributed by atoms with E-state index in [0.717, 1.165) is 17.3 Å². The van der Waals surface area contributed by atoms with Gasteiger partial charge in [-0.3, -0.25) is 4.90 Å². The van der Waals surface area contributed by atoms with Gasteiger partial charge in [-0.1, -0.05) is 13.8 Å². The van der Waals surface area contributed by atoms with Crippen molar-refractivity contribution in [2.75, 3.05) is 25.4 Å². The number of nitrogens with zero attached hydrogens (tertiary/aromatic N) is 1. The van der Waals surface area contributed by atoms with Crippen LogP contribution in [-0.2, 0) is 0 Å². The Morgan fingerprint density at radius 1 is 1.38 bits per heavy atom. The Bertz CT molecular complexity index is 199. The van der Waals surface area contributed by atoms with Gasteiger partial charge in [0.2, 0.25) is 0 Å². The molecule has 0 aromatic rings. The van der Waals surface area contributed by atoms with Crippen molar-refractivity contribution in [3.8, 4) is 0 Å². The minimum Gasteiger partial charge on any atom is -0.315 e. The lowest BCUT2D eigenvalue weighted by atomic mass is 10.0. The van der Waals surface area contributed by atoms with E-state index < -0.39 is 0 Å². The van der Waals surface area contributed by atoms with Crippen LogP contribution in [-0.4, -0.2) is 47.6 Å². The maximum Gasteiger partial charge on any atom is 0.0224 e. The Balaban J connectivity index is 1.92. The van der Waals surface area contributed by atoms with E-state index in [1.165, 1.54) is 51.1 Å². The van der Waals surface area contributed by atoms with Crippen molar-refractivity contribution in [3.05, 3.63) is 0 Å². The summed E-state index contributed by atoms with van der Waals surface area (Å²) in [5.74, 6) is 1.36. The van der Waals surface area contributed by atoms with Crippen LogP contribution in [0.4, 0.5) is 0 Å². The first-order valence-corrected chi connectivity index (χ1v) is 7.94. The molecule has 2 heterocycles. The summed E-state index contributed by atoms with van der Waals surface area (Å²) in [4.78, 5) is 2.81. The van der Waals surface area contributed by atoms with Crippen LogP contribution in [0, 0.1) is 0 Å². The van der Waals surface area contributed by atoms with Crippen molar-refractivity contribution < 1.29 is 0 Å². The van der Waals surface area contributed by atoms with E-state index in [-0.39, 0.29) is 0 Å². The van der Waals surface area contributed by atoms with Crippen molar-refractivity contribution >= 4 is 11.8 Å². The van der Waals surface area contributed by atoms with Crippen LogP contribution in [0.5, 0.6) is 0 Å². The minimum atomic E-state index is 0.810. The zero-order chi connectivity index (χ0) is 11.4. The third-order valence-corrected chi connectivity index (χ3v) is 5.21. The van der Waals surface area contributed by atoms with E-state index in [1.54, 1.807) is 0 Å². The largest absolute Gasteiger partial charge is 0.315 e. The molecule has 3 unspecified atom stereocenters. The standard InChI is InChI=1S/C13H26N2S/c1-3-7-15(12-5-4-6-14-9-12)13-8-11(2)16-10-13/h11-14H,3-10H2,1-2H3. The highest BCUT2D eigenvalue weighted by Gasteiger charge is 2.31. The first-order valence-electron chi connectivity index (χ1n) is 6.89. The van der Waals surface area contributed by atoms with Gasteiger partial charge in [-0.05, 0) is 38.8 Å². The van der Waals surface area contributed by atoms with Gasteiger partial charge in [0, 0.05) is 29.6 Å². The summed E-state index contributed by atoms with van der Waals surface area (Å²) in [5.41, 5.74) is 0. The Morgan fingerprint density at radius 2 is 2.25 bits per heavy atom. The number of nitrogens with one attached hydrogen (secondary N) is 1. The molecule has 2 aliphatic heterocycles. The highest BCUT2D eigenvalue weighted by molar-refractivity contribution is 8.00. The van der Waals surface area contributed by atoms with Crippen molar-refractivity contribution in [2.45, 2.75) is 56.9 Å². The first-order chi connectivity index (χ1) is 7.81. The topological polar surface area (TPSA) is 15.3 Å². The summed E-state index contributed by atoms with van der Waals surface area (Å²) in [7, 11) is 0. The van der Waals surface area contributed by atoms with Gasteiger partial charge in [0.1, 0.15) is 0 Å². The monoisotopic (exact) mass is 242 g/mol. The van der Waals surface area contributed by atoms with Gasteiger partial charge in [-0.25, -0.2) is 0 Å². The first kappa shape index (κ1) is 12.7. The van der Waals surface area contributed by atoms with E-state index in [2.05, 4.69) is 35.8 Å². The lowest BCUT2D eigenvalue weighted by molar-refractivity contribution is 0.121. The number of thioether (sulfide) groups is 1. The summed E-state index contributed by atoms with van der Waals surface area (Å²) in [6, 6.07) is 1.66. The van der Waals surface area contributed by atoms with E-state index in [0.29, 0.717) is 0 Å². The van der Waals surface area contributed by atoms with Crippen LogP contribution in [0.15, 0.2) is 0 Å². The molecule has 3 atom stereocenters. The van der Waals surface area contributed by atoms with Crippen LogP contribution in [0.2, 0.25) is 0 Å². The molecule has 3 heteroatoms. The van der Waals surface area contributed by atoms with E-state index in [9.17, 15) is 0 Å². The molecule has 16 heavy (non-hydrogen) atoms. The molecule has 0 bridgehead atoms. The minimum absolute atomic E-state index is 0.810. The molecule has 2 fully saturated rings. The SMILES string of the molecule is CCCN(C1CCCNC1)C1CSC(C)C1. The van der Waals surface area contributed by atoms with Crippen LogP contribution in [0.3, 0.4) is 0 Å². The molecule has 0 aromatic heterocycles. The molecule has 2 aliphatic rings. The van der Waals surface area contributed by atoms with Gasteiger partial charge in [-0.15, -0.1) is 0 Å². The number of rotatable bonds is 4. The van der Waals surface area contributed by atoms with E-state index in [4.69, 9.17) is 0 Å². The number of piperidine rings is 1. The molecule has 1 N–H and O–H groups in total. The molecule has 2 nitrogen and oxygen atoms in total. The summed E-state index contributed by atoms with van der Waals surface area (Å²) in [6.07, 6.45) is 5.47. The van der Waals surface area contributed by atoms with Gasteiger partial charge < -0.3 is 5.32 Å². The lowest BCUT2D eigenvalue weighted by Gasteiger charge is -2.38.